The van der Waals surface area contributed by atoms with Gasteiger partial charge < -0.3 is 19.9 Å². The normalized spacial score (nSPS) is 26.1. The fourth-order valence-electron chi connectivity index (χ4n) is 2.99. The Morgan fingerprint density at radius 1 is 1.22 bits per heavy atom. The zero-order valence-electron chi connectivity index (χ0n) is 12.2. The molecule has 5 heteroatoms. The van der Waals surface area contributed by atoms with Crippen molar-refractivity contribution in [3.63, 3.8) is 0 Å². The average molecular weight is 309 g/mol. The molecule has 2 aromatic carbocycles. The first-order valence-corrected chi connectivity index (χ1v) is 7.37. The summed E-state index contributed by atoms with van der Waals surface area (Å²) in [7, 11) is 0. The van der Waals surface area contributed by atoms with Crippen molar-refractivity contribution in [2.75, 3.05) is 5.32 Å². The van der Waals surface area contributed by atoms with Crippen LogP contribution in [-0.2, 0) is 15.1 Å². The quantitative estimate of drug-likeness (QED) is 0.659. The van der Waals surface area contributed by atoms with Gasteiger partial charge in [0.2, 0.25) is 6.23 Å². The summed E-state index contributed by atoms with van der Waals surface area (Å²) in [5.74, 6) is -0.0251. The lowest BCUT2D eigenvalue weighted by molar-refractivity contribution is -0.0127. The van der Waals surface area contributed by atoms with Gasteiger partial charge in [0.1, 0.15) is 12.0 Å². The second kappa shape index (κ2) is 5.14. The number of esters is 1. The molecule has 0 bridgehead atoms. The van der Waals surface area contributed by atoms with Crippen molar-refractivity contribution in [1.29, 1.82) is 0 Å². The molecule has 2 aliphatic heterocycles. The van der Waals surface area contributed by atoms with E-state index in [1.54, 1.807) is 24.3 Å². The molecule has 5 nitrogen and oxygen atoms in total. The zero-order valence-corrected chi connectivity index (χ0v) is 12.2. The number of aliphatic hydroxyl groups is 1. The Morgan fingerprint density at radius 3 is 2.78 bits per heavy atom. The van der Waals surface area contributed by atoms with E-state index in [-0.39, 0.29) is 6.42 Å². The number of benzene rings is 2. The van der Waals surface area contributed by atoms with Crippen LogP contribution >= 0.6 is 0 Å². The van der Waals surface area contributed by atoms with E-state index in [1.165, 1.54) is 6.26 Å². The van der Waals surface area contributed by atoms with E-state index in [9.17, 15) is 9.90 Å². The molecule has 0 radical (unpaired) electrons. The summed E-state index contributed by atoms with van der Waals surface area (Å²) in [5, 5.41) is 14.0. The number of carbonyl (C=O) groups excluding carboxylic acids is 1. The fraction of sp³-hybridized carbons (Fsp3) is 0.167. The number of fused-ring (bicyclic) bond motifs is 3. The van der Waals surface area contributed by atoms with Crippen LogP contribution in [0.3, 0.4) is 0 Å². The molecule has 0 aromatic heterocycles. The maximum Gasteiger partial charge on any atom is 0.343 e. The third-order valence-electron chi connectivity index (χ3n) is 4.13. The largest absolute Gasteiger partial charge is 0.468 e. The molecule has 2 aliphatic rings. The van der Waals surface area contributed by atoms with Crippen LogP contribution in [-0.4, -0.2) is 17.3 Å². The second-order valence-corrected chi connectivity index (χ2v) is 5.64. The van der Waals surface area contributed by atoms with Crippen molar-refractivity contribution in [2.24, 2.45) is 0 Å². The van der Waals surface area contributed by atoms with Gasteiger partial charge in [-0.2, -0.15) is 0 Å². The van der Waals surface area contributed by atoms with Gasteiger partial charge in [0, 0.05) is 17.7 Å². The number of hydrogen-bond donors (Lipinski definition) is 2. The highest BCUT2D eigenvalue weighted by Crippen LogP contribution is 2.48. The van der Waals surface area contributed by atoms with E-state index in [2.05, 4.69) is 5.32 Å². The predicted octanol–water partition coefficient (Wildman–Crippen LogP) is 2.74. The number of rotatable bonds is 2. The zero-order chi connectivity index (χ0) is 15.9. The van der Waals surface area contributed by atoms with Gasteiger partial charge in [-0.1, -0.05) is 36.4 Å². The van der Waals surface area contributed by atoms with Crippen molar-refractivity contribution in [2.45, 2.75) is 18.2 Å². The molecular weight excluding hydrogens is 294 g/mol. The number of ether oxygens (including phenoxy) is 2. The van der Waals surface area contributed by atoms with E-state index < -0.39 is 17.8 Å². The summed E-state index contributed by atoms with van der Waals surface area (Å²) in [4.78, 5) is 11.9. The van der Waals surface area contributed by atoms with Crippen LogP contribution < -0.4 is 5.32 Å². The molecule has 2 N–H and O–H groups in total. The van der Waals surface area contributed by atoms with Crippen LogP contribution in [0.2, 0.25) is 0 Å². The number of para-hydroxylation sites is 1. The highest BCUT2D eigenvalue weighted by Gasteiger charge is 2.53. The smallest absolute Gasteiger partial charge is 0.343 e. The lowest BCUT2D eigenvalue weighted by Crippen LogP contribution is -2.33. The van der Waals surface area contributed by atoms with E-state index >= 15 is 0 Å². The maximum atomic E-state index is 11.9. The standard InChI is InChI=1S/C18H15NO4/c20-16(12-6-2-1-3-7-12)22-11-13-10-18(21)14-8-4-5-9-15(14)19-17(18)23-13/h1-9,11,17,19,21H,10H2/b13-11-/t17-,18+/m0/s1. The van der Waals surface area contributed by atoms with Crippen molar-refractivity contribution in [1.82, 2.24) is 0 Å². The predicted molar refractivity (Wildman–Crippen MR) is 83.4 cm³/mol. The Balaban J connectivity index is 1.51. The Morgan fingerprint density at radius 2 is 1.96 bits per heavy atom. The molecule has 0 unspecified atom stereocenters. The molecule has 2 atom stereocenters. The third kappa shape index (κ3) is 2.26. The van der Waals surface area contributed by atoms with Gasteiger partial charge in [-0.25, -0.2) is 4.79 Å². The molecule has 0 saturated carbocycles. The van der Waals surface area contributed by atoms with E-state index in [0.29, 0.717) is 11.3 Å². The van der Waals surface area contributed by atoms with Crippen LogP contribution in [0.4, 0.5) is 5.69 Å². The van der Waals surface area contributed by atoms with Crippen LogP contribution in [0.25, 0.3) is 0 Å². The molecule has 0 spiro atoms. The Bertz CT molecular complexity index is 787. The lowest BCUT2D eigenvalue weighted by Gasteiger charge is -2.19. The van der Waals surface area contributed by atoms with Crippen molar-refractivity contribution >= 4 is 11.7 Å². The van der Waals surface area contributed by atoms with Gasteiger partial charge in [-0.15, -0.1) is 0 Å². The SMILES string of the molecule is O=C(O/C=C1/C[C@@]2(O)c3ccccc3N[C@H]2O1)c1ccccc1. The first-order chi connectivity index (χ1) is 11.2. The van der Waals surface area contributed by atoms with Gasteiger partial charge in [-0.05, 0) is 18.2 Å². The molecule has 0 amide bonds. The van der Waals surface area contributed by atoms with Crippen molar-refractivity contribution in [3.8, 4) is 0 Å². The monoisotopic (exact) mass is 309 g/mol. The highest BCUT2D eigenvalue weighted by atomic mass is 16.6. The van der Waals surface area contributed by atoms with Gasteiger partial charge in [0.15, 0.2) is 5.60 Å². The van der Waals surface area contributed by atoms with Crippen LogP contribution in [0.5, 0.6) is 0 Å². The summed E-state index contributed by atoms with van der Waals surface area (Å²) in [6, 6.07) is 16.3. The van der Waals surface area contributed by atoms with Crippen molar-refractivity contribution in [3.05, 3.63) is 77.7 Å². The summed E-state index contributed by atoms with van der Waals surface area (Å²) < 4.78 is 10.8. The first kappa shape index (κ1) is 13.8. The Labute approximate surface area is 133 Å². The third-order valence-corrected chi connectivity index (χ3v) is 4.13. The van der Waals surface area contributed by atoms with Gasteiger partial charge in [-0.3, -0.25) is 0 Å². The summed E-state index contributed by atoms with van der Waals surface area (Å²) in [6.45, 7) is 0. The summed E-state index contributed by atoms with van der Waals surface area (Å²) in [5.41, 5.74) is 0.981. The number of hydrogen-bond acceptors (Lipinski definition) is 5. The summed E-state index contributed by atoms with van der Waals surface area (Å²) >= 11 is 0. The number of nitrogens with one attached hydrogen (secondary N) is 1. The van der Waals surface area contributed by atoms with Gasteiger partial charge >= 0.3 is 5.97 Å². The van der Waals surface area contributed by atoms with E-state index in [1.807, 2.05) is 30.3 Å². The molecule has 0 aliphatic carbocycles. The lowest BCUT2D eigenvalue weighted by atomic mass is 9.92. The topological polar surface area (TPSA) is 67.8 Å². The van der Waals surface area contributed by atoms with Crippen LogP contribution in [0, 0.1) is 0 Å². The fourth-order valence-corrected chi connectivity index (χ4v) is 2.99. The van der Waals surface area contributed by atoms with Gasteiger partial charge in [0.25, 0.3) is 0 Å². The summed E-state index contributed by atoms with van der Waals surface area (Å²) in [6.07, 6.45) is 0.959. The number of carbonyl (C=O) groups is 1. The molecule has 2 aromatic rings. The van der Waals surface area contributed by atoms with Crippen molar-refractivity contribution < 1.29 is 19.4 Å². The van der Waals surface area contributed by atoms with Gasteiger partial charge in [0.05, 0.1) is 5.56 Å². The average Bonchev–Trinajstić information content (AvgIpc) is 3.04. The molecule has 1 fully saturated rings. The molecule has 2 heterocycles. The molecule has 23 heavy (non-hydrogen) atoms. The minimum absolute atomic E-state index is 0.254. The number of anilines is 1. The van der Waals surface area contributed by atoms with Crippen LogP contribution in [0.15, 0.2) is 66.6 Å². The van der Waals surface area contributed by atoms with E-state index in [0.717, 1.165) is 11.3 Å². The minimum Gasteiger partial charge on any atom is -0.468 e. The molecular formula is C18H15NO4. The highest BCUT2D eigenvalue weighted by molar-refractivity contribution is 5.89. The Hall–Kier alpha value is -2.79. The van der Waals surface area contributed by atoms with E-state index in [4.69, 9.17) is 9.47 Å². The second-order valence-electron chi connectivity index (χ2n) is 5.64. The molecule has 116 valence electrons. The van der Waals surface area contributed by atoms with Crippen LogP contribution in [0.1, 0.15) is 22.3 Å². The minimum atomic E-state index is -1.14. The first-order valence-electron chi connectivity index (χ1n) is 7.37. The Kier molecular flexibility index (Phi) is 3.09. The molecule has 1 saturated heterocycles. The maximum absolute atomic E-state index is 11.9. The molecule has 4 rings (SSSR count).